The fraction of sp³-hybridized carbons (Fsp3) is 0.417. The SMILES string of the molecule is CCOc1cc(NCc2cc(C)no2)nc(C)n1. The summed E-state index contributed by atoms with van der Waals surface area (Å²) in [6.07, 6.45) is 0. The first-order chi connectivity index (χ1) is 8.67. The highest BCUT2D eigenvalue weighted by molar-refractivity contribution is 5.38. The Morgan fingerprint density at radius 1 is 1.28 bits per heavy atom. The Bertz CT molecular complexity index is 525. The molecule has 0 saturated heterocycles. The minimum absolute atomic E-state index is 0.531. The van der Waals surface area contributed by atoms with E-state index in [4.69, 9.17) is 9.26 Å². The molecule has 0 aliphatic heterocycles. The third kappa shape index (κ3) is 3.19. The van der Waals surface area contributed by atoms with Crippen LogP contribution in [-0.4, -0.2) is 21.7 Å². The zero-order valence-electron chi connectivity index (χ0n) is 10.7. The number of aromatic nitrogens is 3. The van der Waals surface area contributed by atoms with Crippen LogP contribution < -0.4 is 10.1 Å². The van der Waals surface area contributed by atoms with Crippen molar-refractivity contribution in [2.45, 2.75) is 27.3 Å². The van der Waals surface area contributed by atoms with Gasteiger partial charge in [0.1, 0.15) is 11.6 Å². The Balaban J connectivity index is 2.04. The van der Waals surface area contributed by atoms with Gasteiger partial charge in [-0.1, -0.05) is 5.16 Å². The Morgan fingerprint density at radius 3 is 2.78 bits per heavy atom. The molecule has 0 aromatic carbocycles. The van der Waals surface area contributed by atoms with Gasteiger partial charge in [-0.25, -0.2) is 4.98 Å². The molecule has 0 fully saturated rings. The smallest absolute Gasteiger partial charge is 0.218 e. The number of rotatable bonds is 5. The molecule has 96 valence electrons. The van der Waals surface area contributed by atoms with E-state index in [1.165, 1.54) is 0 Å². The van der Waals surface area contributed by atoms with E-state index in [1.54, 1.807) is 6.07 Å². The van der Waals surface area contributed by atoms with Gasteiger partial charge < -0.3 is 14.6 Å². The lowest BCUT2D eigenvalue weighted by Crippen LogP contribution is -2.04. The lowest BCUT2D eigenvalue weighted by molar-refractivity contribution is 0.325. The predicted molar refractivity (Wildman–Crippen MR) is 66.5 cm³/mol. The van der Waals surface area contributed by atoms with E-state index in [0.717, 1.165) is 11.5 Å². The summed E-state index contributed by atoms with van der Waals surface area (Å²) in [6, 6.07) is 3.64. The van der Waals surface area contributed by atoms with Crippen LogP contribution in [0.2, 0.25) is 0 Å². The molecule has 0 aliphatic carbocycles. The average Bonchev–Trinajstić information content (AvgIpc) is 2.72. The lowest BCUT2D eigenvalue weighted by atomic mass is 10.4. The summed E-state index contributed by atoms with van der Waals surface area (Å²) >= 11 is 0. The average molecular weight is 248 g/mol. The zero-order chi connectivity index (χ0) is 13.0. The molecule has 18 heavy (non-hydrogen) atoms. The van der Waals surface area contributed by atoms with Gasteiger partial charge in [-0.05, 0) is 20.8 Å². The maximum atomic E-state index is 5.36. The zero-order valence-corrected chi connectivity index (χ0v) is 10.7. The van der Waals surface area contributed by atoms with Gasteiger partial charge in [0, 0.05) is 12.1 Å². The number of ether oxygens (including phenoxy) is 1. The van der Waals surface area contributed by atoms with E-state index in [9.17, 15) is 0 Å². The molecule has 0 aliphatic rings. The van der Waals surface area contributed by atoms with Crippen LogP contribution in [-0.2, 0) is 6.54 Å². The van der Waals surface area contributed by atoms with Crippen LogP contribution in [0, 0.1) is 13.8 Å². The van der Waals surface area contributed by atoms with Gasteiger partial charge in [0.2, 0.25) is 5.88 Å². The fourth-order valence-electron chi connectivity index (χ4n) is 1.53. The molecule has 2 aromatic rings. The van der Waals surface area contributed by atoms with E-state index < -0.39 is 0 Å². The van der Waals surface area contributed by atoms with Crippen molar-refractivity contribution in [3.8, 4) is 5.88 Å². The maximum absolute atomic E-state index is 5.36. The summed E-state index contributed by atoms with van der Waals surface area (Å²) < 4.78 is 10.5. The number of hydrogen-bond donors (Lipinski definition) is 1. The second-order valence-corrected chi connectivity index (χ2v) is 3.86. The largest absolute Gasteiger partial charge is 0.478 e. The molecule has 0 saturated carbocycles. The van der Waals surface area contributed by atoms with Crippen molar-refractivity contribution in [1.29, 1.82) is 0 Å². The molecular formula is C12H16N4O2. The van der Waals surface area contributed by atoms with Gasteiger partial charge in [-0.15, -0.1) is 0 Å². The second kappa shape index (κ2) is 5.48. The van der Waals surface area contributed by atoms with Gasteiger partial charge in [0.15, 0.2) is 5.76 Å². The molecule has 6 heteroatoms. The van der Waals surface area contributed by atoms with Gasteiger partial charge in [-0.3, -0.25) is 0 Å². The maximum Gasteiger partial charge on any atom is 0.218 e. The fourth-order valence-corrected chi connectivity index (χ4v) is 1.53. The number of hydrogen-bond acceptors (Lipinski definition) is 6. The molecule has 2 heterocycles. The summed E-state index contributed by atoms with van der Waals surface area (Å²) in [7, 11) is 0. The van der Waals surface area contributed by atoms with Crippen LogP contribution in [0.1, 0.15) is 24.2 Å². The molecule has 0 spiro atoms. The summed E-state index contributed by atoms with van der Waals surface area (Å²) in [5.74, 6) is 2.71. The molecule has 1 N–H and O–H groups in total. The first kappa shape index (κ1) is 12.3. The van der Waals surface area contributed by atoms with Crippen molar-refractivity contribution < 1.29 is 9.26 Å². The monoisotopic (exact) mass is 248 g/mol. The van der Waals surface area contributed by atoms with Crippen molar-refractivity contribution in [3.63, 3.8) is 0 Å². The molecule has 2 aromatic heterocycles. The topological polar surface area (TPSA) is 73.1 Å². The first-order valence-electron chi connectivity index (χ1n) is 5.82. The highest BCUT2D eigenvalue weighted by atomic mass is 16.5. The van der Waals surface area contributed by atoms with Crippen molar-refractivity contribution in [2.75, 3.05) is 11.9 Å². The second-order valence-electron chi connectivity index (χ2n) is 3.86. The van der Waals surface area contributed by atoms with E-state index in [1.807, 2.05) is 26.8 Å². The number of aryl methyl sites for hydroxylation is 2. The molecule has 0 amide bonds. The predicted octanol–water partition coefficient (Wildman–Crippen LogP) is 2.09. The molecule has 0 unspecified atom stereocenters. The van der Waals surface area contributed by atoms with Crippen molar-refractivity contribution >= 4 is 5.82 Å². The van der Waals surface area contributed by atoms with Gasteiger partial charge >= 0.3 is 0 Å². The number of nitrogens with one attached hydrogen (secondary N) is 1. The summed E-state index contributed by atoms with van der Waals surface area (Å²) in [4.78, 5) is 8.45. The Labute approximate surface area is 105 Å². The third-order valence-corrected chi connectivity index (χ3v) is 2.23. The van der Waals surface area contributed by atoms with E-state index in [2.05, 4.69) is 20.4 Å². The molecule has 2 rings (SSSR count). The third-order valence-electron chi connectivity index (χ3n) is 2.23. The lowest BCUT2D eigenvalue weighted by Gasteiger charge is -2.07. The van der Waals surface area contributed by atoms with Crippen LogP contribution in [0.4, 0.5) is 5.82 Å². The minimum Gasteiger partial charge on any atom is -0.478 e. The standard InChI is InChI=1S/C12H16N4O2/c1-4-17-12-6-11(14-9(3)15-12)13-7-10-5-8(2)16-18-10/h5-6H,4,7H2,1-3H3,(H,13,14,15). The van der Waals surface area contributed by atoms with Gasteiger partial charge in [-0.2, -0.15) is 4.98 Å². The Hall–Kier alpha value is -2.11. The minimum atomic E-state index is 0.531. The van der Waals surface area contributed by atoms with Crippen LogP contribution >= 0.6 is 0 Å². The van der Waals surface area contributed by atoms with E-state index in [-0.39, 0.29) is 0 Å². The summed E-state index contributed by atoms with van der Waals surface area (Å²) in [5.41, 5.74) is 0.862. The van der Waals surface area contributed by atoms with E-state index in [0.29, 0.717) is 30.7 Å². The molecule has 0 bridgehead atoms. The Morgan fingerprint density at radius 2 is 2.11 bits per heavy atom. The highest BCUT2D eigenvalue weighted by Gasteiger charge is 2.04. The van der Waals surface area contributed by atoms with Crippen molar-refractivity contribution in [2.24, 2.45) is 0 Å². The van der Waals surface area contributed by atoms with Crippen LogP contribution in [0.5, 0.6) is 5.88 Å². The summed E-state index contributed by atoms with van der Waals surface area (Å²) in [6.45, 7) is 6.74. The first-order valence-corrected chi connectivity index (χ1v) is 5.82. The normalized spacial score (nSPS) is 10.4. The number of anilines is 1. The van der Waals surface area contributed by atoms with Crippen molar-refractivity contribution in [3.05, 3.63) is 29.4 Å². The van der Waals surface area contributed by atoms with Gasteiger partial charge in [0.25, 0.3) is 0 Å². The molecular weight excluding hydrogens is 232 g/mol. The summed E-state index contributed by atoms with van der Waals surface area (Å²) in [5, 5.41) is 6.97. The van der Waals surface area contributed by atoms with Crippen molar-refractivity contribution in [1.82, 2.24) is 15.1 Å². The molecule has 6 nitrogen and oxygen atoms in total. The van der Waals surface area contributed by atoms with Gasteiger partial charge in [0.05, 0.1) is 18.8 Å². The number of nitrogens with zero attached hydrogens (tertiary/aromatic N) is 3. The highest BCUT2D eigenvalue weighted by Crippen LogP contribution is 2.14. The Kier molecular flexibility index (Phi) is 3.76. The van der Waals surface area contributed by atoms with E-state index >= 15 is 0 Å². The van der Waals surface area contributed by atoms with Crippen LogP contribution in [0.3, 0.4) is 0 Å². The van der Waals surface area contributed by atoms with Crippen LogP contribution in [0.15, 0.2) is 16.7 Å². The molecule has 0 radical (unpaired) electrons. The van der Waals surface area contributed by atoms with Crippen LogP contribution in [0.25, 0.3) is 0 Å². The quantitative estimate of drug-likeness (QED) is 0.873. The molecule has 0 atom stereocenters.